The van der Waals surface area contributed by atoms with Crippen molar-refractivity contribution in [2.24, 2.45) is 0 Å². The molecule has 3 rings (SSSR count). The Kier molecular flexibility index (Phi) is 10.1. The topological polar surface area (TPSA) is 131 Å². The predicted octanol–water partition coefficient (Wildman–Crippen LogP) is 5.50. The van der Waals surface area contributed by atoms with Gasteiger partial charge in [-0.15, -0.1) is 0 Å². The van der Waals surface area contributed by atoms with Gasteiger partial charge in [-0.1, -0.05) is 0 Å². The van der Waals surface area contributed by atoms with Gasteiger partial charge in [-0.05, 0) is 114 Å². The number of amides is 3. The van der Waals surface area contributed by atoms with Crippen molar-refractivity contribution in [3.8, 4) is 5.75 Å². The van der Waals surface area contributed by atoms with Crippen LogP contribution in [0.4, 0.5) is 10.6 Å². The van der Waals surface area contributed by atoms with Crippen LogP contribution in [-0.2, 0) is 9.47 Å². The number of ether oxygens (including phenoxy) is 3. The third kappa shape index (κ3) is 8.13. The highest BCUT2D eigenvalue weighted by Gasteiger charge is 2.50. The van der Waals surface area contributed by atoms with Crippen molar-refractivity contribution < 1.29 is 28.6 Å². The standard InChI is InChI=1S/C30H42BrN5O6/c1-16(2)33-25-22(31)13-21(14-32-25)27(38)35-34-26(37)20-11-17(3)24(18(4)12-20)40-15-23-19(5)41-30(9,10)36(23)28(39)42-29(6,7)8/h11-14,16,19,23H,15H2,1-10H3,(H,32,33)(H,34,37)(H,35,38)/t19-,23+/m1/s1. The summed E-state index contributed by atoms with van der Waals surface area (Å²) < 4.78 is 18.5. The van der Waals surface area contributed by atoms with Crippen LogP contribution < -0.4 is 20.9 Å². The van der Waals surface area contributed by atoms with Gasteiger partial charge in [0.05, 0.1) is 22.2 Å². The van der Waals surface area contributed by atoms with Gasteiger partial charge in [0.1, 0.15) is 29.5 Å². The molecule has 0 saturated carbocycles. The molecule has 0 bridgehead atoms. The Morgan fingerprint density at radius 3 is 2.17 bits per heavy atom. The van der Waals surface area contributed by atoms with Crippen LogP contribution >= 0.6 is 15.9 Å². The lowest BCUT2D eigenvalue weighted by molar-refractivity contribution is -0.0760. The van der Waals surface area contributed by atoms with Gasteiger partial charge in [0.2, 0.25) is 0 Å². The van der Waals surface area contributed by atoms with E-state index in [2.05, 4.69) is 37.1 Å². The lowest BCUT2D eigenvalue weighted by atomic mass is 10.0. The Morgan fingerprint density at radius 1 is 1.07 bits per heavy atom. The van der Waals surface area contributed by atoms with Gasteiger partial charge in [-0.25, -0.2) is 9.78 Å². The molecule has 1 saturated heterocycles. The van der Waals surface area contributed by atoms with Crippen LogP contribution in [0, 0.1) is 13.8 Å². The van der Waals surface area contributed by atoms with E-state index in [-0.39, 0.29) is 24.3 Å². The van der Waals surface area contributed by atoms with Crippen LogP contribution in [0.3, 0.4) is 0 Å². The first-order valence-corrected chi connectivity index (χ1v) is 14.7. The number of aryl methyl sites for hydroxylation is 2. The first kappa shape index (κ1) is 33.1. The fraction of sp³-hybridized carbons (Fsp3) is 0.533. The number of benzene rings is 1. The molecule has 0 spiro atoms. The SMILES string of the molecule is Cc1cc(C(=O)NNC(=O)c2cnc(NC(C)C)c(Br)c2)cc(C)c1OC[C@H]1[C@@H](C)OC(C)(C)N1C(=O)OC(C)(C)C. The maximum atomic E-state index is 13.1. The molecule has 11 nitrogen and oxygen atoms in total. The number of carbonyl (C=O) groups is 3. The number of nitrogens with zero attached hydrogens (tertiary/aromatic N) is 2. The largest absolute Gasteiger partial charge is 0.491 e. The summed E-state index contributed by atoms with van der Waals surface area (Å²) in [6.07, 6.45) is 0.665. The summed E-state index contributed by atoms with van der Waals surface area (Å²) in [5.74, 6) is 0.228. The molecule has 230 valence electrons. The maximum Gasteiger partial charge on any atom is 0.413 e. The van der Waals surface area contributed by atoms with Crippen molar-refractivity contribution in [3.05, 3.63) is 51.1 Å². The second kappa shape index (κ2) is 12.9. The summed E-state index contributed by atoms with van der Waals surface area (Å²) in [7, 11) is 0. The molecule has 1 aromatic carbocycles. The van der Waals surface area contributed by atoms with Crippen molar-refractivity contribution in [2.45, 2.75) is 98.8 Å². The van der Waals surface area contributed by atoms with Crippen LogP contribution in [0.5, 0.6) is 5.75 Å². The minimum atomic E-state index is -0.870. The van der Waals surface area contributed by atoms with Gasteiger partial charge < -0.3 is 19.5 Å². The number of hydrogen-bond donors (Lipinski definition) is 3. The molecule has 42 heavy (non-hydrogen) atoms. The van der Waals surface area contributed by atoms with Gasteiger partial charge in [0, 0.05) is 17.8 Å². The molecule has 12 heteroatoms. The minimum absolute atomic E-state index is 0.169. The van der Waals surface area contributed by atoms with Crippen molar-refractivity contribution in [3.63, 3.8) is 0 Å². The molecule has 1 aliphatic rings. The summed E-state index contributed by atoms with van der Waals surface area (Å²) in [4.78, 5) is 44.4. The zero-order valence-electron chi connectivity index (χ0n) is 26.0. The number of hydrazine groups is 1. The second-order valence-corrected chi connectivity index (χ2v) is 13.1. The van der Waals surface area contributed by atoms with Gasteiger partial charge in [0.25, 0.3) is 11.8 Å². The van der Waals surface area contributed by atoms with Gasteiger partial charge in [-0.3, -0.25) is 25.3 Å². The summed E-state index contributed by atoms with van der Waals surface area (Å²) >= 11 is 3.41. The van der Waals surface area contributed by atoms with Crippen molar-refractivity contribution in [1.82, 2.24) is 20.7 Å². The summed E-state index contributed by atoms with van der Waals surface area (Å²) in [6, 6.07) is 4.77. The zero-order valence-corrected chi connectivity index (χ0v) is 27.6. The van der Waals surface area contributed by atoms with Crippen molar-refractivity contribution in [2.75, 3.05) is 11.9 Å². The lowest BCUT2D eigenvalue weighted by Gasteiger charge is -2.35. The monoisotopic (exact) mass is 647 g/mol. The molecule has 0 aliphatic carbocycles. The second-order valence-electron chi connectivity index (χ2n) is 12.2. The van der Waals surface area contributed by atoms with Gasteiger partial charge in [-0.2, -0.15) is 0 Å². The van der Waals surface area contributed by atoms with Crippen LogP contribution in [0.2, 0.25) is 0 Å². The van der Waals surface area contributed by atoms with E-state index in [0.717, 1.165) is 11.1 Å². The molecule has 1 aliphatic heterocycles. The molecule has 0 unspecified atom stereocenters. The summed E-state index contributed by atoms with van der Waals surface area (Å²) in [6.45, 7) is 18.8. The van der Waals surface area contributed by atoms with E-state index in [1.165, 1.54) is 6.20 Å². The molecule has 2 aromatic rings. The number of rotatable bonds is 7. The van der Waals surface area contributed by atoms with E-state index < -0.39 is 35.3 Å². The van der Waals surface area contributed by atoms with Crippen LogP contribution in [-0.4, -0.2) is 63.9 Å². The van der Waals surface area contributed by atoms with Gasteiger partial charge in [0.15, 0.2) is 0 Å². The number of carbonyl (C=O) groups excluding carboxylic acids is 3. The molecule has 1 aromatic heterocycles. The molecule has 1 fully saturated rings. The lowest BCUT2D eigenvalue weighted by Crippen LogP contribution is -2.52. The number of hydrogen-bond acceptors (Lipinski definition) is 8. The Bertz CT molecular complexity index is 1320. The average Bonchev–Trinajstić information content (AvgIpc) is 3.08. The molecular weight excluding hydrogens is 606 g/mol. The minimum Gasteiger partial charge on any atom is -0.491 e. The van der Waals surface area contributed by atoms with Crippen LogP contribution in [0.15, 0.2) is 28.9 Å². The Labute approximate surface area is 256 Å². The van der Waals surface area contributed by atoms with Crippen LogP contribution in [0.25, 0.3) is 0 Å². The Hall–Kier alpha value is -3.38. The quantitative estimate of drug-likeness (QED) is 0.336. The highest BCUT2D eigenvalue weighted by atomic mass is 79.9. The summed E-state index contributed by atoms with van der Waals surface area (Å²) in [5, 5.41) is 3.17. The highest BCUT2D eigenvalue weighted by molar-refractivity contribution is 9.10. The summed E-state index contributed by atoms with van der Waals surface area (Å²) in [5.41, 5.74) is 5.44. The third-order valence-electron chi connectivity index (χ3n) is 6.46. The maximum absolute atomic E-state index is 13.1. The van der Waals surface area contributed by atoms with E-state index >= 15 is 0 Å². The fourth-order valence-corrected chi connectivity index (χ4v) is 5.22. The third-order valence-corrected chi connectivity index (χ3v) is 7.06. The normalized spacial score (nSPS) is 18.0. The predicted molar refractivity (Wildman–Crippen MR) is 164 cm³/mol. The molecule has 2 atom stereocenters. The van der Waals surface area contributed by atoms with E-state index in [1.807, 2.05) is 69.2 Å². The first-order chi connectivity index (χ1) is 19.4. The Morgan fingerprint density at radius 2 is 1.64 bits per heavy atom. The van der Waals surface area contributed by atoms with E-state index in [0.29, 0.717) is 21.6 Å². The molecule has 0 radical (unpaired) electrons. The number of aromatic nitrogens is 1. The Balaban J connectivity index is 1.67. The zero-order chi connectivity index (χ0) is 31.6. The number of halogens is 1. The van der Waals surface area contributed by atoms with E-state index in [4.69, 9.17) is 14.2 Å². The first-order valence-electron chi connectivity index (χ1n) is 13.9. The molecule has 2 heterocycles. The smallest absolute Gasteiger partial charge is 0.413 e. The van der Waals surface area contributed by atoms with Crippen molar-refractivity contribution >= 4 is 39.7 Å². The van der Waals surface area contributed by atoms with E-state index in [9.17, 15) is 14.4 Å². The fourth-order valence-electron chi connectivity index (χ4n) is 4.75. The van der Waals surface area contributed by atoms with E-state index in [1.54, 1.807) is 23.1 Å². The number of pyridine rings is 1. The molecule has 3 N–H and O–H groups in total. The van der Waals surface area contributed by atoms with Crippen LogP contribution in [0.1, 0.15) is 87.2 Å². The van der Waals surface area contributed by atoms with Crippen molar-refractivity contribution in [1.29, 1.82) is 0 Å². The highest BCUT2D eigenvalue weighted by Crippen LogP contribution is 2.35. The molecule has 3 amide bonds. The number of anilines is 1. The molecular formula is C30H42BrN5O6. The number of nitrogens with one attached hydrogen (secondary N) is 3. The van der Waals surface area contributed by atoms with Gasteiger partial charge >= 0.3 is 6.09 Å². The average molecular weight is 649 g/mol.